The number of carbonyl (C=O) groups excluding carboxylic acids is 3. The van der Waals surface area contributed by atoms with Crippen LogP contribution >= 0.6 is 0 Å². The lowest BCUT2D eigenvalue weighted by Gasteiger charge is -2.16. The summed E-state index contributed by atoms with van der Waals surface area (Å²) in [7, 11) is 0. The smallest absolute Gasteiger partial charge is 0.326 e. The van der Waals surface area contributed by atoms with Crippen molar-refractivity contribution in [2.45, 2.75) is 32.1 Å². The van der Waals surface area contributed by atoms with Gasteiger partial charge < -0.3 is 10.6 Å². The highest BCUT2D eigenvalue weighted by Crippen LogP contribution is 2.30. The molecule has 1 aliphatic heterocycles. The molecule has 1 atom stereocenters. The standard InChI is InChI=1S/C20H18F3N3O3/c1-12(27)25-15-5-7-16(8-6-15)26-18(28)10-17(19(26)29)24-11-13-3-2-4-14(9-13)20(21,22)23/h2-9,17,24H,10-11H2,1H3,(H,25,27)/t17-/m0/s1. The van der Waals surface area contributed by atoms with Crippen molar-refractivity contribution in [3.05, 3.63) is 59.7 Å². The van der Waals surface area contributed by atoms with Crippen LogP contribution in [0.25, 0.3) is 0 Å². The number of hydrogen-bond donors (Lipinski definition) is 2. The second-order valence-corrected chi connectivity index (χ2v) is 6.63. The Morgan fingerprint density at radius 2 is 1.83 bits per heavy atom. The number of amides is 3. The van der Waals surface area contributed by atoms with Gasteiger partial charge in [0, 0.05) is 19.2 Å². The minimum atomic E-state index is -4.45. The number of benzene rings is 2. The Morgan fingerprint density at radius 1 is 1.14 bits per heavy atom. The monoisotopic (exact) mass is 405 g/mol. The molecule has 1 fully saturated rings. The van der Waals surface area contributed by atoms with E-state index in [1.807, 2.05) is 0 Å². The van der Waals surface area contributed by atoms with Crippen LogP contribution in [-0.4, -0.2) is 23.8 Å². The molecule has 29 heavy (non-hydrogen) atoms. The van der Waals surface area contributed by atoms with Gasteiger partial charge in [0.2, 0.25) is 11.8 Å². The summed E-state index contributed by atoms with van der Waals surface area (Å²) in [6.45, 7) is 1.38. The van der Waals surface area contributed by atoms with E-state index in [1.54, 1.807) is 12.1 Å². The van der Waals surface area contributed by atoms with Gasteiger partial charge >= 0.3 is 6.18 Å². The summed E-state index contributed by atoms with van der Waals surface area (Å²) in [5.41, 5.74) is 0.474. The van der Waals surface area contributed by atoms with Gasteiger partial charge in [-0.2, -0.15) is 13.2 Å². The van der Waals surface area contributed by atoms with E-state index in [1.165, 1.54) is 31.2 Å². The molecule has 0 saturated carbocycles. The highest BCUT2D eigenvalue weighted by Gasteiger charge is 2.39. The first-order valence-corrected chi connectivity index (χ1v) is 8.79. The van der Waals surface area contributed by atoms with E-state index in [0.717, 1.165) is 17.0 Å². The fourth-order valence-electron chi connectivity index (χ4n) is 3.06. The maximum Gasteiger partial charge on any atom is 0.416 e. The minimum absolute atomic E-state index is 0.0168. The zero-order valence-electron chi connectivity index (χ0n) is 15.4. The molecule has 0 spiro atoms. The van der Waals surface area contributed by atoms with Crippen LogP contribution in [0.15, 0.2) is 48.5 Å². The first-order valence-electron chi connectivity index (χ1n) is 8.79. The topological polar surface area (TPSA) is 78.5 Å². The van der Waals surface area contributed by atoms with E-state index in [0.29, 0.717) is 16.9 Å². The maximum atomic E-state index is 12.8. The molecule has 0 aromatic heterocycles. The molecule has 2 aromatic carbocycles. The van der Waals surface area contributed by atoms with Gasteiger partial charge in [0.05, 0.1) is 23.7 Å². The van der Waals surface area contributed by atoms with Crippen molar-refractivity contribution in [3.8, 4) is 0 Å². The molecular weight excluding hydrogens is 387 g/mol. The van der Waals surface area contributed by atoms with E-state index in [-0.39, 0.29) is 18.9 Å². The summed E-state index contributed by atoms with van der Waals surface area (Å²) in [5.74, 6) is -1.14. The van der Waals surface area contributed by atoms with Gasteiger partial charge in [0.15, 0.2) is 0 Å². The van der Waals surface area contributed by atoms with Crippen LogP contribution in [0.3, 0.4) is 0 Å². The third kappa shape index (κ3) is 4.80. The summed E-state index contributed by atoms with van der Waals surface area (Å²) in [6.07, 6.45) is -4.54. The van der Waals surface area contributed by atoms with Gasteiger partial charge in [-0.05, 0) is 35.9 Å². The third-order valence-corrected chi connectivity index (χ3v) is 4.40. The number of nitrogens with one attached hydrogen (secondary N) is 2. The van der Waals surface area contributed by atoms with Crippen LogP contribution in [-0.2, 0) is 27.1 Å². The molecule has 2 aromatic rings. The molecule has 1 aliphatic rings. The lowest BCUT2D eigenvalue weighted by Crippen LogP contribution is -2.38. The van der Waals surface area contributed by atoms with Crippen LogP contribution in [0.1, 0.15) is 24.5 Å². The van der Waals surface area contributed by atoms with E-state index >= 15 is 0 Å². The molecule has 3 amide bonds. The molecular formula is C20H18F3N3O3. The number of carbonyl (C=O) groups is 3. The fourth-order valence-corrected chi connectivity index (χ4v) is 3.06. The zero-order chi connectivity index (χ0) is 21.2. The molecule has 0 radical (unpaired) electrons. The number of alkyl halides is 3. The highest BCUT2D eigenvalue weighted by molar-refractivity contribution is 6.22. The first-order chi connectivity index (χ1) is 13.6. The Hall–Kier alpha value is -3.20. The van der Waals surface area contributed by atoms with Crippen LogP contribution in [0.4, 0.5) is 24.5 Å². The normalized spacial score (nSPS) is 17.0. The van der Waals surface area contributed by atoms with Crippen molar-refractivity contribution in [2.24, 2.45) is 0 Å². The van der Waals surface area contributed by atoms with E-state index in [9.17, 15) is 27.6 Å². The highest BCUT2D eigenvalue weighted by atomic mass is 19.4. The number of nitrogens with zero attached hydrogens (tertiary/aromatic N) is 1. The van der Waals surface area contributed by atoms with Crippen molar-refractivity contribution >= 4 is 29.1 Å². The molecule has 9 heteroatoms. The van der Waals surface area contributed by atoms with Crippen molar-refractivity contribution in [3.63, 3.8) is 0 Å². The SMILES string of the molecule is CC(=O)Nc1ccc(N2C(=O)C[C@H](NCc3cccc(C(F)(F)F)c3)C2=O)cc1. The van der Waals surface area contributed by atoms with Crippen molar-refractivity contribution in [1.29, 1.82) is 0 Å². The Kier molecular flexibility index (Phi) is 5.69. The minimum Gasteiger partial charge on any atom is -0.326 e. The lowest BCUT2D eigenvalue weighted by molar-refractivity contribution is -0.137. The van der Waals surface area contributed by atoms with Crippen LogP contribution < -0.4 is 15.5 Å². The summed E-state index contributed by atoms with van der Waals surface area (Å²) >= 11 is 0. The predicted molar refractivity (Wildman–Crippen MR) is 99.9 cm³/mol. The molecule has 3 rings (SSSR count). The second kappa shape index (κ2) is 8.04. The van der Waals surface area contributed by atoms with E-state index in [4.69, 9.17) is 0 Å². The molecule has 2 N–H and O–H groups in total. The molecule has 1 heterocycles. The number of anilines is 2. The largest absolute Gasteiger partial charge is 0.416 e. The van der Waals surface area contributed by atoms with E-state index < -0.39 is 29.6 Å². The summed E-state index contributed by atoms with van der Waals surface area (Å²) in [6, 6.07) is 10.2. The molecule has 0 aliphatic carbocycles. The summed E-state index contributed by atoms with van der Waals surface area (Å²) in [4.78, 5) is 37.0. The number of hydrogen-bond acceptors (Lipinski definition) is 4. The summed E-state index contributed by atoms with van der Waals surface area (Å²) in [5, 5.41) is 5.45. The average Bonchev–Trinajstić information content (AvgIpc) is 2.93. The van der Waals surface area contributed by atoms with Gasteiger partial charge in [-0.1, -0.05) is 18.2 Å². The van der Waals surface area contributed by atoms with Gasteiger partial charge in [0.25, 0.3) is 5.91 Å². The molecule has 6 nitrogen and oxygen atoms in total. The van der Waals surface area contributed by atoms with Crippen LogP contribution in [0.5, 0.6) is 0 Å². The summed E-state index contributed by atoms with van der Waals surface area (Å²) < 4.78 is 38.4. The molecule has 1 saturated heterocycles. The van der Waals surface area contributed by atoms with E-state index in [2.05, 4.69) is 10.6 Å². The maximum absolute atomic E-state index is 12.8. The number of halogens is 3. The number of imide groups is 1. The molecule has 152 valence electrons. The zero-order valence-corrected chi connectivity index (χ0v) is 15.4. The van der Waals surface area contributed by atoms with Crippen molar-refractivity contribution in [2.75, 3.05) is 10.2 Å². The second-order valence-electron chi connectivity index (χ2n) is 6.63. The number of rotatable bonds is 5. The fraction of sp³-hybridized carbons (Fsp3) is 0.250. The predicted octanol–water partition coefficient (Wildman–Crippen LogP) is 3.09. The van der Waals surface area contributed by atoms with Crippen LogP contribution in [0.2, 0.25) is 0 Å². The van der Waals surface area contributed by atoms with Gasteiger partial charge in [-0.15, -0.1) is 0 Å². The quantitative estimate of drug-likeness (QED) is 0.750. The van der Waals surface area contributed by atoms with Gasteiger partial charge in [-0.3, -0.25) is 14.4 Å². The Balaban J connectivity index is 1.67. The van der Waals surface area contributed by atoms with Crippen molar-refractivity contribution < 1.29 is 27.6 Å². The van der Waals surface area contributed by atoms with Crippen molar-refractivity contribution in [1.82, 2.24) is 5.32 Å². The molecule has 0 bridgehead atoms. The molecule has 0 unspecified atom stereocenters. The third-order valence-electron chi connectivity index (χ3n) is 4.40. The first kappa shape index (κ1) is 20.5. The van der Waals surface area contributed by atoms with Crippen LogP contribution in [0, 0.1) is 0 Å². The average molecular weight is 405 g/mol. The Bertz CT molecular complexity index is 942. The Morgan fingerprint density at radius 3 is 2.45 bits per heavy atom. The Labute approximate surface area is 164 Å². The van der Waals surface area contributed by atoms with Gasteiger partial charge in [-0.25, -0.2) is 4.90 Å². The van der Waals surface area contributed by atoms with Gasteiger partial charge in [0.1, 0.15) is 0 Å². The lowest BCUT2D eigenvalue weighted by atomic mass is 10.1.